The molecule has 1 N–H and O–H groups in total. The molecule has 0 aliphatic carbocycles. The van der Waals surface area contributed by atoms with Crippen LogP contribution in [0.3, 0.4) is 0 Å². The number of fused-ring (bicyclic) bond motifs is 1. The molecule has 6 nitrogen and oxygen atoms in total. The summed E-state index contributed by atoms with van der Waals surface area (Å²) in [5.41, 5.74) is 2.10. The van der Waals surface area contributed by atoms with Crippen molar-refractivity contribution in [3.05, 3.63) is 66.0 Å². The number of nitrogens with zero attached hydrogens (tertiary/aromatic N) is 4. The third-order valence-electron chi connectivity index (χ3n) is 5.92. The summed E-state index contributed by atoms with van der Waals surface area (Å²) in [5.74, 6) is 0.421. The Morgan fingerprint density at radius 1 is 1.18 bits per heavy atom. The molecule has 9 heteroatoms. The fourth-order valence-corrected chi connectivity index (χ4v) is 4.11. The number of carbonyl (C=O) groups excluding carboxylic acids is 1. The first-order chi connectivity index (χ1) is 16.2. The van der Waals surface area contributed by atoms with Crippen molar-refractivity contribution in [2.24, 2.45) is 0 Å². The monoisotopic (exact) mass is 469 g/mol. The highest BCUT2D eigenvalue weighted by molar-refractivity contribution is 6.04. The van der Waals surface area contributed by atoms with Crippen molar-refractivity contribution in [1.82, 2.24) is 9.97 Å². The van der Waals surface area contributed by atoms with Crippen molar-refractivity contribution in [1.29, 1.82) is 0 Å². The highest BCUT2D eigenvalue weighted by Crippen LogP contribution is 2.37. The average molecular weight is 470 g/mol. The van der Waals surface area contributed by atoms with E-state index in [1.165, 1.54) is 6.07 Å². The van der Waals surface area contributed by atoms with Crippen LogP contribution in [0.25, 0.3) is 11.3 Å². The first-order valence-electron chi connectivity index (χ1n) is 11.1. The fraction of sp³-hybridized carbons (Fsp3) is 0.320. The van der Waals surface area contributed by atoms with Crippen molar-refractivity contribution in [3.8, 4) is 11.3 Å². The number of hydrogen-bond donors (Lipinski definition) is 1. The second kappa shape index (κ2) is 9.32. The highest BCUT2D eigenvalue weighted by Gasteiger charge is 2.32. The van der Waals surface area contributed by atoms with Gasteiger partial charge in [-0.1, -0.05) is 12.1 Å². The van der Waals surface area contributed by atoms with Crippen LogP contribution in [0.1, 0.15) is 31.5 Å². The molecular weight excluding hydrogens is 443 g/mol. The van der Waals surface area contributed by atoms with E-state index in [0.717, 1.165) is 30.1 Å². The summed E-state index contributed by atoms with van der Waals surface area (Å²) in [6.07, 6.45) is -2.12. The van der Waals surface area contributed by atoms with E-state index in [2.05, 4.69) is 15.2 Å². The maximum Gasteiger partial charge on any atom is 0.416 e. The Hall–Kier alpha value is -3.62. The maximum absolute atomic E-state index is 13.4. The third kappa shape index (κ3) is 4.83. The molecule has 3 heterocycles. The Morgan fingerprint density at radius 2 is 1.97 bits per heavy atom. The van der Waals surface area contributed by atoms with Crippen LogP contribution in [0, 0.1) is 6.92 Å². The van der Waals surface area contributed by atoms with Crippen molar-refractivity contribution >= 4 is 23.2 Å². The van der Waals surface area contributed by atoms with Crippen LogP contribution in [0.4, 0.5) is 35.2 Å². The molecule has 0 unspecified atom stereocenters. The number of nitrogens with one attached hydrogen (secondary N) is 1. The lowest BCUT2D eigenvalue weighted by Crippen LogP contribution is -2.42. The number of rotatable bonds is 3. The number of hydrogen-bond acceptors (Lipinski definition) is 4. The topological polar surface area (TPSA) is 61.4 Å². The number of benzene rings is 1. The molecule has 2 aromatic heterocycles. The first kappa shape index (κ1) is 23.5. The molecule has 4 rings (SSSR count). The summed E-state index contributed by atoms with van der Waals surface area (Å²) in [7, 11) is 0. The van der Waals surface area contributed by atoms with Gasteiger partial charge in [0.05, 0.1) is 16.9 Å². The highest BCUT2D eigenvalue weighted by atomic mass is 19.4. The van der Waals surface area contributed by atoms with Crippen LogP contribution in [-0.2, 0) is 6.18 Å². The number of amides is 2. The van der Waals surface area contributed by atoms with E-state index in [4.69, 9.17) is 4.98 Å². The molecule has 1 aliphatic rings. The van der Waals surface area contributed by atoms with Gasteiger partial charge in [0.15, 0.2) is 5.82 Å². The molecule has 3 aromatic rings. The lowest BCUT2D eigenvalue weighted by molar-refractivity contribution is -0.137. The number of aryl methyl sites for hydroxylation is 1. The SMILES string of the molecule is CCN1CC[C@@H](C)N(C(=O)Nc2ccnc(C)c2)c2nc(-c3cccc(C(F)(F)F)c3)ccc21. The van der Waals surface area contributed by atoms with Crippen molar-refractivity contribution < 1.29 is 18.0 Å². The number of pyridine rings is 2. The summed E-state index contributed by atoms with van der Waals surface area (Å²) in [6, 6.07) is 11.5. The lowest BCUT2D eigenvalue weighted by atomic mass is 10.1. The zero-order valence-corrected chi connectivity index (χ0v) is 19.2. The van der Waals surface area contributed by atoms with E-state index in [1.807, 2.05) is 26.8 Å². The summed E-state index contributed by atoms with van der Waals surface area (Å²) >= 11 is 0. The van der Waals surface area contributed by atoms with Gasteiger partial charge in [0.25, 0.3) is 0 Å². The van der Waals surface area contributed by atoms with E-state index in [0.29, 0.717) is 35.7 Å². The normalized spacial score (nSPS) is 16.1. The smallest absolute Gasteiger partial charge is 0.369 e. The second-order valence-corrected chi connectivity index (χ2v) is 8.32. The number of aromatic nitrogens is 2. The molecule has 0 saturated carbocycles. The van der Waals surface area contributed by atoms with E-state index >= 15 is 0 Å². The zero-order chi connectivity index (χ0) is 24.5. The maximum atomic E-state index is 13.4. The largest absolute Gasteiger partial charge is 0.416 e. The second-order valence-electron chi connectivity index (χ2n) is 8.32. The summed E-state index contributed by atoms with van der Waals surface area (Å²) in [6.45, 7) is 7.24. The Labute approximate surface area is 196 Å². The van der Waals surface area contributed by atoms with Crippen molar-refractivity contribution in [2.75, 3.05) is 28.2 Å². The molecule has 0 fully saturated rings. The lowest BCUT2D eigenvalue weighted by Gasteiger charge is -2.28. The predicted molar refractivity (Wildman–Crippen MR) is 127 cm³/mol. The molecule has 1 aliphatic heterocycles. The molecule has 2 amide bonds. The fourth-order valence-electron chi connectivity index (χ4n) is 4.11. The van der Waals surface area contributed by atoms with Gasteiger partial charge in [0.2, 0.25) is 0 Å². The van der Waals surface area contributed by atoms with Crippen LogP contribution in [0.5, 0.6) is 0 Å². The summed E-state index contributed by atoms with van der Waals surface area (Å²) < 4.78 is 39.8. The van der Waals surface area contributed by atoms with Gasteiger partial charge in [-0.2, -0.15) is 13.2 Å². The van der Waals surface area contributed by atoms with Crippen LogP contribution >= 0.6 is 0 Å². The Bertz CT molecular complexity index is 1200. The number of urea groups is 1. The quantitative estimate of drug-likeness (QED) is 0.501. The zero-order valence-electron chi connectivity index (χ0n) is 19.2. The van der Waals surface area contributed by atoms with Gasteiger partial charge in [0, 0.05) is 42.3 Å². The van der Waals surface area contributed by atoms with Gasteiger partial charge in [-0.25, -0.2) is 9.78 Å². The van der Waals surface area contributed by atoms with Crippen molar-refractivity contribution in [2.45, 2.75) is 39.4 Å². The van der Waals surface area contributed by atoms with E-state index in [-0.39, 0.29) is 12.1 Å². The van der Waals surface area contributed by atoms with Gasteiger partial charge in [-0.3, -0.25) is 9.88 Å². The third-order valence-corrected chi connectivity index (χ3v) is 5.92. The van der Waals surface area contributed by atoms with Crippen LogP contribution in [-0.4, -0.2) is 35.1 Å². The molecule has 0 saturated heterocycles. The van der Waals surface area contributed by atoms with Crippen LogP contribution in [0.2, 0.25) is 0 Å². The number of carbonyl (C=O) groups is 1. The number of anilines is 3. The average Bonchev–Trinajstić information content (AvgIpc) is 2.93. The summed E-state index contributed by atoms with van der Waals surface area (Å²) in [5, 5.41) is 2.91. The molecule has 1 atom stereocenters. The van der Waals surface area contributed by atoms with Gasteiger partial charge in [0.1, 0.15) is 0 Å². The minimum absolute atomic E-state index is 0.178. The summed E-state index contributed by atoms with van der Waals surface area (Å²) in [4.78, 5) is 26.0. The molecule has 0 spiro atoms. The Morgan fingerprint density at radius 3 is 2.68 bits per heavy atom. The van der Waals surface area contributed by atoms with Crippen molar-refractivity contribution in [3.63, 3.8) is 0 Å². The Kier molecular flexibility index (Phi) is 6.45. The molecular formula is C25H26F3N5O. The van der Waals surface area contributed by atoms with Gasteiger partial charge < -0.3 is 10.2 Å². The first-order valence-corrected chi connectivity index (χ1v) is 11.1. The minimum Gasteiger partial charge on any atom is -0.369 e. The number of alkyl halides is 3. The predicted octanol–water partition coefficient (Wildman–Crippen LogP) is 6.13. The van der Waals surface area contributed by atoms with Crippen LogP contribution < -0.4 is 15.1 Å². The van der Waals surface area contributed by atoms with E-state index < -0.39 is 11.7 Å². The van der Waals surface area contributed by atoms with E-state index in [9.17, 15) is 18.0 Å². The number of halogens is 3. The molecule has 1 aromatic carbocycles. The molecule has 178 valence electrons. The minimum atomic E-state index is -4.45. The van der Waals surface area contributed by atoms with Crippen LogP contribution in [0.15, 0.2) is 54.7 Å². The van der Waals surface area contributed by atoms with Gasteiger partial charge >= 0.3 is 12.2 Å². The molecule has 0 radical (unpaired) electrons. The van der Waals surface area contributed by atoms with E-state index in [1.54, 1.807) is 35.4 Å². The van der Waals surface area contributed by atoms with Gasteiger partial charge in [-0.15, -0.1) is 0 Å². The standard InChI is InChI=1S/C25H26F3N5O/c1-4-32-13-11-17(3)33(24(34)30-20-10-12-29-16(2)14-20)23-22(32)9-8-21(31-23)18-6-5-7-19(15-18)25(26,27)28/h5-10,12,14-15,17H,4,11,13H2,1-3H3,(H,29,30,34)/t17-/m1/s1. The molecule has 34 heavy (non-hydrogen) atoms. The molecule has 0 bridgehead atoms. The van der Waals surface area contributed by atoms with Gasteiger partial charge in [-0.05, 0) is 63.6 Å². The Balaban J connectivity index is 1.78.